The van der Waals surface area contributed by atoms with Gasteiger partial charge in [0.2, 0.25) is 0 Å². The van der Waals surface area contributed by atoms with E-state index in [4.69, 9.17) is 0 Å². The first-order valence-electron chi connectivity index (χ1n) is 4.65. The third-order valence-corrected chi connectivity index (χ3v) is 1.82. The second-order valence-electron chi connectivity index (χ2n) is 3.71. The van der Waals surface area contributed by atoms with Crippen molar-refractivity contribution in [3.8, 4) is 0 Å². The van der Waals surface area contributed by atoms with Crippen molar-refractivity contribution in [1.29, 1.82) is 0 Å². The zero-order chi connectivity index (χ0) is 21.5. The average Bonchev–Trinajstić information content (AvgIpc) is 2.23. The normalized spacial score (nSPS) is 15.6. The van der Waals surface area contributed by atoms with E-state index in [1.807, 2.05) is 0 Å². The molecule has 0 nitrogen and oxygen atoms in total. The molecule has 0 aromatic carbocycles. The van der Waals surface area contributed by atoms with Gasteiger partial charge in [-0.3, -0.25) is 0 Å². The summed E-state index contributed by atoms with van der Waals surface area (Å²) in [5.41, 5.74) is 0. The number of hydrogen-bond donors (Lipinski definition) is 0. The largest absolute Gasteiger partial charge is 0.463 e. The van der Waals surface area contributed by atoms with Gasteiger partial charge in [-0.1, -0.05) is 0 Å². The van der Waals surface area contributed by atoms with E-state index in [2.05, 4.69) is 0 Å². The van der Waals surface area contributed by atoms with E-state index < -0.39 is 42.5 Å². The van der Waals surface area contributed by atoms with Crippen LogP contribution in [0.2, 0.25) is 0 Å². The summed E-state index contributed by atoms with van der Waals surface area (Å²) in [5.74, 6) is -20.9. The van der Waals surface area contributed by atoms with Gasteiger partial charge in [-0.15, -0.1) is 0 Å². The van der Waals surface area contributed by atoms with E-state index in [0.29, 0.717) is 0 Å². The summed E-state index contributed by atoms with van der Waals surface area (Å²) in [6.45, 7) is 0. The van der Waals surface area contributed by atoms with E-state index >= 15 is 0 Å². The molecule has 0 aliphatic rings. The third-order valence-electron chi connectivity index (χ3n) is 1.82. The van der Waals surface area contributed by atoms with Crippen LogP contribution in [0.4, 0.5) is 79.0 Å². The van der Waals surface area contributed by atoms with Gasteiger partial charge in [-0.25, -0.2) is 0 Å². The molecule has 0 amide bonds. The zero-order valence-electron chi connectivity index (χ0n) is 10.3. The number of halogens is 18. The maximum Gasteiger partial charge on any atom is 0.463 e. The molecule has 0 aromatic rings. The Morgan fingerprint density at radius 1 is 0.200 bits per heavy atom. The molecule has 0 aliphatic heterocycles. The molecule has 0 radical (unpaired) electrons. The Balaban J connectivity index is 0. The van der Waals surface area contributed by atoms with Crippen LogP contribution in [-0.2, 0) is 0 Å². The fourth-order valence-electron chi connectivity index (χ4n) is 0.517. The summed E-state index contributed by atoms with van der Waals surface area (Å²) >= 11 is 0. The number of alkyl halides is 18. The molecule has 0 atom stereocenters. The number of hydrogen-bond acceptors (Lipinski definition) is 0. The van der Waals surface area contributed by atoms with Gasteiger partial charge in [0.1, 0.15) is 0 Å². The van der Waals surface area contributed by atoms with Crippen molar-refractivity contribution in [3.63, 3.8) is 0 Å². The highest BCUT2D eigenvalue weighted by Gasteiger charge is 2.82. The van der Waals surface area contributed by atoms with Gasteiger partial charge in [0, 0.05) is 0 Å². The molecule has 0 rings (SSSR count). The first-order valence-corrected chi connectivity index (χ1v) is 4.65. The van der Waals surface area contributed by atoms with Crippen molar-refractivity contribution in [2.45, 2.75) is 42.5 Å². The van der Waals surface area contributed by atoms with Crippen LogP contribution in [0.3, 0.4) is 0 Å². The first kappa shape index (κ1) is 26.0. The monoisotopic (exact) mass is 426 g/mol. The first-order chi connectivity index (χ1) is 10.2. The Morgan fingerprint density at radius 3 is 0.360 bits per heavy atom. The molecular formula is C7F18. The second kappa shape index (κ2) is 6.48. The smallest absolute Gasteiger partial charge is 0.189 e. The summed E-state index contributed by atoms with van der Waals surface area (Å²) in [4.78, 5) is 0. The predicted molar refractivity (Wildman–Crippen MR) is 39.1 cm³/mol. The minimum absolute atomic E-state index is 6.58. The molecule has 0 aromatic heterocycles. The molecule has 154 valence electrons. The molecule has 0 aliphatic carbocycles. The standard InChI is InChI=1S/C4F10.C3F8/c5-1(6,3(9,10)11)2(7,8)4(12,13)14;4-1(5,2(6,7)8)3(9,10)11. The maximum atomic E-state index is 11.6. The highest BCUT2D eigenvalue weighted by Crippen LogP contribution is 2.53. The average molecular weight is 426 g/mol. The van der Waals surface area contributed by atoms with Gasteiger partial charge >= 0.3 is 42.5 Å². The molecule has 0 fully saturated rings. The zero-order valence-corrected chi connectivity index (χ0v) is 10.3. The van der Waals surface area contributed by atoms with Gasteiger partial charge in [0.05, 0.1) is 0 Å². The van der Waals surface area contributed by atoms with E-state index in [1.54, 1.807) is 0 Å². The third kappa shape index (κ3) is 5.11. The quantitative estimate of drug-likeness (QED) is 0.443. The Labute approximate surface area is 123 Å². The highest BCUT2D eigenvalue weighted by atomic mass is 19.5. The maximum absolute atomic E-state index is 11.6. The van der Waals surface area contributed by atoms with Crippen molar-refractivity contribution in [2.24, 2.45) is 0 Å². The Kier molecular flexibility index (Phi) is 6.73. The van der Waals surface area contributed by atoms with Crippen LogP contribution in [0, 0.1) is 0 Å². The molecule has 0 saturated carbocycles. The minimum Gasteiger partial charge on any atom is -0.189 e. The fraction of sp³-hybridized carbons (Fsp3) is 1.00. The Hall–Kier alpha value is -1.26. The summed E-state index contributed by atoms with van der Waals surface area (Å²) in [6.07, 6.45) is -27.1. The minimum atomic E-state index is -7.14. The van der Waals surface area contributed by atoms with Crippen molar-refractivity contribution in [3.05, 3.63) is 0 Å². The molecule has 18 heteroatoms. The lowest BCUT2D eigenvalue weighted by molar-refractivity contribution is -0.419. The lowest BCUT2D eigenvalue weighted by Gasteiger charge is -2.29. The van der Waals surface area contributed by atoms with Crippen molar-refractivity contribution in [1.82, 2.24) is 0 Å². The van der Waals surface area contributed by atoms with E-state index in [1.165, 1.54) is 0 Å². The molecular weight excluding hydrogens is 426 g/mol. The van der Waals surface area contributed by atoms with Gasteiger partial charge < -0.3 is 0 Å². The Bertz CT molecular complexity index is 384. The lowest BCUT2D eigenvalue weighted by Crippen LogP contribution is -2.59. The van der Waals surface area contributed by atoms with Crippen LogP contribution < -0.4 is 0 Å². The van der Waals surface area contributed by atoms with Crippen LogP contribution in [-0.4, -0.2) is 42.5 Å². The molecule has 0 bridgehead atoms. The molecule has 25 heavy (non-hydrogen) atoms. The topological polar surface area (TPSA) is 0 Å². The van der Waals surface area contributed by atoms with E-state index in [-0.39, 0.29) is 0 Å². The van der Waals surface area contributed by atoms with E-state index in [9.17, 15) is 79.0 Å². The van der Waals surface area contributed by atoms with E-state index in [0.717, 1.165) is 0 Å². The summed E-state index contributed by atoms with van der Waals surface area (Å²) in [7, 11) is 0. The van der Waals surface area contributed by atoms with Crippen molar-refractivity contribution in [2.75, 3.05) is 0 Å². The predicted octanol–water partition coefficient (Wildman–Crippen LogP) is 6.13. The van der Waals surface area contributed by atoms with Gasteiger partial charge in [0.25, 0.3) is 0 Å². The molecule has 0 heterocycles. The molecule has 0 saturated heterocycles. The SMILES string of the molecule is FC(F)(F)C(F)(F)C(F)(F)C(F)(F)F.FC(F)(F)C(F)(F)C(F)(F)F. The van der Waals surface area contributed by atoms with Crippen molar-refractivity contribution >= 4 is 0 Å². The van der Waals surface area contributed by atoms with Crippen molar-refractivity contribution < 1.29 is 79.0 Å². The molecule has 0 N–H and O–H groups in total. The van der Waals surface area contributed by atoms with Crippen LogP contribution in [0.25, 0.3) is 0 Å². The second-order valence-corrected chi connectivity index (χ2v) is 3.71. The van der Waals surface area contributed by atoms with Crippen LogP contribution in [0.5, 0.6) is 0 Å². The van der Waals surface area contributed by atoms with Crippen LogP contribution in [0.15, 0.2) is 0 Å². The Morgan fingerprint density at radius 2 is 0.320 bits per heavy atom. The summed E-state index contributed by atoms with van der Waals surface area (Å²) in [6, 6.07) is 0. The summed E-state index contributed by atoms with van der Waals surface area (Å²) < 4.78 is 201. The van der Waals surface area contributed by atoms with Gasteiger partial charge in [-0.05, 0) is 0 Å². The van der Waals surface area contributed by atoms with Gasteiger partial charge in [-0.2, -0.15) is 79.0 Å². The highest BCUT2D eigenvalue weighted by molar-refractivity contribution is 4.95. The lowest BCUT2D eigenvalue weighted by atomic mass is 10.1. The summed E-state index contributed by atoms with van der Waals surface area (Å²) in [5, 5.41) is 0. The molecule has 0 spiro atoms. The fourth-order valence-corrected chi connectivity index (χ4v) is 0.517. The molecule has 0 unspecified atom stereocenters. The number of rotatable bonds is 1. The van der Waals surface area contributed by atoms with Crippen LogP contribution in [0.1, 0.15) is 0 Å². The van der Waals surface area contributed by atoms with Gasteiger partial charge in [0.15, 0.2) is 0 Å². The van der Waals surface area contributed by atoms with Crippen LogP contribution >= 0.6 is 0 Å².